The molecule has 6 rings (SSSR count). The van der Waals surface area contributed by atoms with Crippen molar-refractivity contribution in [3.05, 3.63) is 72.7 Å². The van der Waals surface area contributed by atoms with E-state index in [0.717, 1.165) is 64.3 Å². The molecule has 7 nitrogen and oxygen atoms in total. The molecule has 0 spiro atoms. The normalized spacial score (nSPS) is 13.6. The van der Waals surface area contributed by atoms with Crippen LogP contribution in [-0.2, 0) is 0 Å². The number of hydrogen-bond acceptors (Lipinski definition) is 4. The maximum atomic E-state index is 12.4. The number of aromatic nitrogens is 4. The van der Waals surface area contributed by atoms with Crippen molar-refractivity contribution in [2.75, 3.05) is 11.9 Å². The first-order chi connectivity index (χ1) is 17.0. The van der Waals surface area contributed by atoms with E-state index < -0.39 is 0 Å². The quantitative estimate of drug-likeness (QED) is 0.297. The largest absolute Gasteiger partial charge is 0.367 e. The number of H-pyrrole nitrogens is 1. The van der Waals surface area contributed by atoms with Crippen LogP contribution in [0.1, 0.15) is 37.0 Å². The van der Waals surface area contributed by atoms with Crippen LogP contribution in [0.2, 0.25) is 0 Å². The van der Waals surface area contributed by atoms with E-state index in [4.69, 9.17) is 9.97 Å². The molecule has 35 heavy (non-hydrogen) atoms. The molecule has 3 N–H and O–H groups in total. The van der Waals surface area contributed by atoms with Crippen LogP contribution >= 0.6 is 0 Å². The Labute approximate surface area is 203 Å². The van der Waals surface area contributed by atoms with E-state index in [0.29, 0.717) is 17.5 Å². The minimum absolute atomic E-state index is 0.0102. The molecule has 2 aromatic carbocycles. The zero-order chi connectivity index (χ0) is 23.9. The summed E-state index contributed by atoms with van der Waals surface area (Å²) in [6.07, 6.45) is 8.01. The number of aromatic amines is 1. The molecule has 3 aromatic heterocycles. The van der Waals surface area contributed by atoms with Gasteiger partial charge in [-0.3, -0.25) is 9.20 Å². The topological polar surface area (TPSA) is 87.1 Å². The summed E-state index contributed by atoms with van der Waals surface area (Å²) in [6, 6.07) is 16.5. The molecule has 1 aliphatic rings. The highest BCUT2D eigenvalue weighted by Crippen LogP contribution is 2.29. The molecule has 1 amide bonds. The molecule has 176 valence electrons. The van der Waals surface area contributed by atoms with Crippen molar-refractivity contribution in [3.63, 3.8) is 0 Å². The Balaban J connectivity index is 1.42. The minimum atomic E-state index is -0.0102. The fourth-order valence-corrected chi connectivity index (χ4v) is 4.26. The van der Waals surface area contributed by atoms with Crippen LogP contribution in [-0.4, -0.2) is 37.8 Å². The molecule has 0 unspecified atom stereocenters. The lowest BCUT2D eigenvalue weighted by Gasteiger charge is -2.13. The standard InChI is InChI=1S/C28H28N6O/c1-17(2)14-30-26-27-31-15-25(18-3-5-19(6-4-18)28(35)32-22-8-9-22)34(27)16-24(33-26)20-7-10-23-21(13-20)11-12-29-23/h3-7,10-13,15-17,22,29H,8-9,14H2,1-2H3,(H,30,33)(H,32,35). The average molecular weight is 465 g/mol. The molecule has 0 atom stereocenters. The molecule has 1 aliphatic carbocycles. The van der Waals surface area contributed by atoms with Gasteiger partial charge in [0.25, 0.3) is 5.91 Å². The van der Waals surface area contributed by atoms with Gasteiger partial charge >= 0.3 is 0 Å². The van der Waals surface area contributed by atoms with Crippen molar-refractivity contribution in [1.29, 1.82) is 0 Å². The molecule has 0 bridgehead atoms. The van der Waals surface area contributed by atoms with Crippen LogP contribution in [0.25, 0.3) is 39.1 Å². The number of carbonyl (C=O) groups excluding carboxylic acids is 1. The van der Waals surface area contributed by atoms with E-state index in [1.165, 1.54) is 0 Å². The van der Waals surface area contributed by atoms with Crippen LogP contribution < -0.4 is 10.6 Å². The molecule has 3 heterocycles. The number of amides is 1. The summed E-state index contributed by atoms with van der Waals surface area (Å²) in [7, 11) is 0. The first-order valence-corrected chi connectivity index (χ1v) is 12.2. The second kappa shape index (κ2) is 8.58. The van der Waals surface area contributed by atoms with Gasteiger partial charge in [-0.15, -0.1) is 0 Å². The highest BCUT2D eigenvalue weighted by molar-refractivity contribution is 5.95. The summed E-state index contributed by atoms with van der Waals surface area (Å²) >= 11 is 0. The van der Waals surface area contributed by atoms with Gasteiger partial charge in [0, 0.05) is 52.6 Å². The lowest BCUT2D eigenvalue weighted by molar-refractivity contribution is 0.0951. The van der Waals surface area contributed by atoms with Crippen LogP contribution in [0.3, 0.4) is 0 Å². The molecule has 1 fully saturated rings. The monoisotopic (exact) mass is 464 g/mol. The first-order valence-electron chi connectivity index (χ1n) is 12.2. The van der Waals surface area contributed by atoms with Crippen molar-refractivity contribution in [1.82, 2.24) is 24.7 Å². The van der Waals surface area contributed by atoms with Crippen molar-refractivity contribution in [3.8, 4) is 22.5 Å². The van der Waals surface area contributed by atoms with Gasteiger partial charge in [0.2, 0.25) is 0 Å². The third kappa shape index (κ3) is 4.25. The fourth-order valence-electron chi connectivity index (χ4n) is 4.26. The van der Waals surface area contributed by atoms with Crippen molar-refractivity contribution >= 4 is 28.3 Å². The number of benzene rings is 2. The number of nitrogens with one attached hydrogen (secondary N) is 3. The molecule has 0 saturated heterocycles. The van der Waals surface area contributed by atoms with Gasteiger partial charge in [-0.05, 0) is 49.1 Å². The summed E-state index contributed by atoms with van der Waals surface area (Å²) in [5, 5.41) is 7.68. The average Bonchev–Trinajstić information content (AvgIpc) is 3.38. The van der Waals surface area contributed by atoms with Gasteiger partial charge in [0.1, 0.15) is 0 Å². The van der Waals surface area contributed by atoms with Gasteiger partial charge in [-0.25, -0.2) is 9.97 Å². The van der Waals surface area contributed by atoms with Gasteiger partial charge in [0.15, 0.2) is 11.5 Å². The van der Waals surface area contributed by atoms with Gasteiger partial charge in [-0.1, -0.05) is 32.0 Å². The van der Waals surface area contributed by atoms with E-state index in [-0.39, 0.29) is 5.91 Å². The number of rotatable bonds is 7. The molecule has 0 radical (unpaired) electrons. The predicted octanol–water partition coefficient (Wildman–Crippen LogP) is 5.50. The first kappa shape index (κ1) is 21.4. The smallest absolute Gasteiger partial charge is 0.251 e. The lowest BCUT2D eigenvalue weighted by Crippen LogP contribution is -2.25. The Morgan fingerprint density at radius 3 is 2.69 bits per heavy atom. The van der Waals surface area contributed by atoms with Crippen LogP contribution in [0, 0.1) is 5.92 Å². The van der Waals surface area contributed by atoms with E-state index >= 15 is 0 Å². The zero-order valence-corrected chi connectivity index (χ0v) is 19.9. The van der Waals surface area contributed by atoms with Crippen molar-refractivity contribution in [2.45, 2.75) is 32.7 Å². The number of anilines is 1. The fraction of sp³-hybridized carbons (Fsp3) is 0.250. The Kier molecular flexibility index (Phi) is 5.25. The molecular formula is C28H28N6O. The van der Waals surface area contributed by atoms with Gasteiger partial charge in [-0.2, -0.15) is 0 Å². The summed E-state index contributed by atoms with van der Waals surface area (Å²) in [5.41, 5.74) is 6.41. The maximum absolute atomic E-state index is 12.4. The SMILES string of the molecule is CC(C)CNc1nc(-c2ccc3[nH]ccc3c2)cn2c(-c3ccc(C(=O)NC4CC4)cc3)cnc12. The molecule has 1 saturated carbocycles. The second-order valence-electron chi connectivity index (χ2n) is 9.69. The maximum Gasteiger partial charge on any atom is 0.251 e. The Bertz CT molecular complexity index is 1520. The Morgan fingerprint density at radius 1 is 1.11 bits per heavy atom. The summed E-state index contributed by atoms with van der Waals surface area (Å²) in [6.45, 7) is 5.15. The van der Waals surface area contributed by atoms with Gasteiger partial charge < -0.3 is 15.6 Å². The molecule has 0 aliphatic heterocycles. The van der Waals surface area contributed by atoms with E-state index in [2.05, 4.69) is 58.1 Å². The van der Waals surface area contributed by atoms with Crippen LogP contribution in [0.15, 0.2) is 67.1 Å². The minimum Gasteiger partial charge on any atom is -0.367 e. The molecular weight excluding hydrogens is 436 g/mol. The number of nitrogens with zero attached hydrogens (tertiary/aromatic N) is 3. The van der Waals surface area contributed by atoms with E-state index in [1.54, 1.807) is 0 Å². The second-order valence-corrected chi connectivity index (χ2v) is 9.69. The van der Waals surface area contributed by atoms with Crippen LogP contribution in [0.5, 0.6) is 0 Å². The van der Waals surface area contributed by atoms with Crippen molar-refractivity contribution in [2.24, 2.45) is 5.92 Å². The highest BCUT2D eigenvalue weighted by atomic mass is 16.1. The Hall–Kier alpha value is -4.13. The van der Waals surface area contributed by atoms with E-state index in [9.17, 15) is 4.79 Å². The lowest BCUT2D eigenvalue weighted by atomic mass is 10.1. The van der Waals surface area contributed by atoms with Crippen LogP contribution in [0.4, 0.5) is 5.82 Å². The number of hydrogen-bond donors (Lipinski definition) is 3. The number of imidazole rings is 1. The third-order valence-corrected chi connectivity index (χ3v) is 6.37. The number of carbonyl (C=O) groups is 1. The number of fused-ring (bicyclic) bond motifs is 2. The highest BCUT2D eigenvalue weighted by Gasteiger charge is 2.23. The van der Waals surface area contributed by atoms with Crippen molar-refractivity contribution < 1.29 is 4.79 Å². The molecule has 7 heteroatoms. The molecule has 5 aromatic rings. The van der Waals surface area contributed by atoms with Gasteiger partial charge in [0.05, 0.1) is 17.6 Å². The predicted molar refractivity (Wildman–Crippen MR) is 140 cm³/mol. The zero-order valence-electron chi connectivity index (χ0n) is 19.9. The van der Waals surface area contributed by atoms with E-state index in [1.807, 2.05) is 42.9 Å². The Morgan fingerprint density at radius 2 is 1.91 bits per heavy atom. The summed E-state index contributed by atoms with van der Waals surface area (Å²) < 4.78 is 2.09. The summed E-state index contributed by atoms with van der Waals surface area (Å²) in [4.78, 5) is 25.3. The summed E-state index contributed by atoms with van der Waals surface area (Å²) in [5.74, 6) is 1.22. The third-order valence-electron chi connectivity index (χ3n) is 6.37.